The number of hydrogen-bond donors (Lipinski definition) is 1. The zero-order valence-electron chi connectivity index (χ0n) is 16.6. The summed E-state index contributed by atoms with van der Waals surface area (Å²) in [5.74, 6) is -1.03. The van der Waals surface area contributed by atoms with Gasteiger partial charge in [0, 0.05) is 24.9 Å². The summed E-state index contributed by atoms with van der Waals surface area (Å²) in [5, 5.41) is 2.54. The predicted octanol–water partition coefficient (Wildman–Crippen LogP) is 2.48. The van der Waals surface area contributed by atoms with Crippen molar-refractivity contribution >= 4 is 27.6 Å². The maximum Gasteiger partial charge on any atom is 0.331 e. The highest BCUT2D eigenvalue weighted by atomic mass is 32.2. The Kier molecular flexibility index (Phi) is 8.41. The lowest BCUT2D eigenvalue weighted by Crippen LogP contribution is -2.35. The summed E-state index contributed by atoms with van der Waals surface area (Å²) >= 11 is 0. The molecule has 1 N–H and O–H groups in total. The highest BCUT2D eigenvalue weighted by molar-refractivity contribution is 7.89. The van der Waals surface area contributed by atoms with E-state index in [0.717, 1.165) is 19.3 Å². The van der Waals surface area contributed by atoms with E-state index < -0.39 is 28.5 Å². The summed E-state index contributed by atoms with van der Waals surface area (Å²) in [5.41, 5.74) is 0.270. The van der Waals surface area contributed by atoms with Crippen molar-refractivity contribution in [1.82, 2.24) is 4.31 Å². The van der Waals surface area contributed by atoms with Gasteiger partial charge in [0.25, 0.3) is 5.91 Å². The normalized spacial score (nSPS) is 15.5. The molecular formula is C20H26N2O6S. The fourth-order valence-electron chi connectivity index (χ4n) is 2.83. The summed E-state index contributed by atoms with van der Waals surface area (Å²) < 4.78 is 37.5. The number of amides is 1. The van der Waals surface area contributed by atoms with Crippen LogP contribution >= 0.6 is 0 Å². The van der Waals surface area contributed by atoms with Gasteiger partial charge in [-0.1, -0.05) is 24.6 Å². The molecule has 29 heavy (non-hydrogen) atoms. The lowest BCUT2D eigenvalue weighted by molar-refractivity contribution is -0.142. The molecule has 0 atom stereocenters. The minimum atomic E-state index is -3.75. The van der Waals surface area contributed by atoms with Crippen LogP contribution in [-0.2, 0) is 24.3 Å². The summed E-state index contributed by atoms with van der Waals surface area (Å²) in [6, 6.07) is 4.37. The van der Waals surface area contributed by atoms with Gasteiger partial charge < -0.3 is 14.8 Å². The largest absolute Gasteiger partial charge is 0.495 e. The molecule has 1 heterocycles. The average molecular weight is 423 g/mol. The van der Waals surface area contributed by atoms with Crippen LogP contribution < -0.4 is 10.1 Å². The number of hydrogen-bond acceptors (Lipinski definition) is 6. The van der Waals surface area contributed by atoms with Gasteiger partial charge in [-0.25, -0.2) is 13.2 Å². The van der Waals surface area contributed by atoms with Crippen LogP contribution in [0.3, 0.4) is 0 Å². The number of carbonyl (C=O) groups excluding carboxylic acids is 2. The highest BCUT2D eigenvalue weighted by Crippen LogP contribution is 2.31. The standard InChI is InChI=1S/C20H26N2O6S/c1-3-4-6-9-20(24)28-15-19(23)21-16-10-11-17(27-2)18(14-16)29(25,26)22-12-7-5-8-13-22/h3-4,6,9-11,14H,5,7-8,12-13,15H2,1-2H3,(H,21,23)/b4-3+,9-6+. The van der Waals surface area contributed by atoms with Crippen molar-refractivity contribution in [2.75, 3.05) is 32.1 Å². The van der Waals surface area contributed by atoms with Crippen LogP contribution in [0.2, 0.25) is 0 Å². The van der Waals surface area contributed by atoms with Gasteiger partial charge in [0.15, 0.2) is 6.61 Å². The van der Waals surface area contributed by atoms with E-state index in [1.54, 1.807) is 19.1 Å². The van der Waals surface area contributed by atoms with Crippen molar-refractivity contribution in [2.24, 2.45) is 0 Å². The molecule has 9 heteroatoms. The van der Waals surface area contributed by atoms with Crippen molar-refractivity contribution in [2.45, 2.75) is 31.1 Å². The van der Waals surface area contributed by atoms with Crippen molar-refractivity contribution in [1.29, 1.82) is 0 Å². The predicted molar refractivity (Wildman–Crippen MR) is 109 cm³/mol. The molecule has 1 aromatic carbocycles. The third-order valence-electron chi connectivity index (χ3n) is 4.26. The molecule has 2 rings (SSSR count). The molecule has 0 saturated carbocycles. The molecule has 0 bridgehead atoms. The first-order chi connectivity index (χ1) is 13.9. The van der Waals surface area contributed by atoms with Crippen molar-refractivity contribution in [3.05, 3.63) is 42.5 Å². The van der Waals surface area contributed by atoms with E-state index >= 15 is 0 Å². The average Bonchev–Trinajstić information content (AvgIpc) is 2.73. The molecule has 0 aliphatic carbocycles. The first-order valence-corrected chi connectivity index (χ1v) is 10.8. The van der Waals surface area contributed by atoms with Gasteiger partial charge in [0.1, 0.15) is 10.6 Å². The highest BCUT2D eigenvalue weighted by Gasteiger charge is 2.29. The monoisotopic (exact) mass is 422 g/mol. The summed E-state index contributed by atoms with van der Waals surface area (Å²) in [6.07, 6.45) is 8.73. The van der Waals surface area contributed by atoms with E-state index in [0.29, 0.717) is 13.1 Å². The number of rotatable bonds is 8. The third-order valence-corrected chi connectivity index (χ3v) is 6.18. The fourth-order valence-corrected chi connectivity index (χ4v) is 4.53. The minimum Gasteiger partial charge on any atom is -0.495 e. The van der Waals surface area contributed by atoms with Gasteiger partial charge in [-0.05, 0) is 38.0 Å². The number of sulfonamides is 1. The van der Waals surface area contributed by atoms with Gasteiger partial charge in [-0.2, -0.15) is 4.31 Å². The molecule has 1 amide bonds. The molecule has 8 nitrogen and oxygen atoms in total. The maximum atomic E-state index is 13.0. The van der Waals surface area contributed by atoms with Crippen LogP contribution in [0.15, 0.2) is 47.4 Å². The van der Waals surface area contributed by atoms with Crippen LogP contribution in [0.5, 0.6) is 5.75 Å². The Balaban J connectivity index is 2.09. The number of nitrogens with zero attached hydrogens (tertiary/aromatic N) is 1. The number of esters is 1. The van der Waals surface area contributed by atoms with Crippen LogP contribution in [0, 0.1) is 0 Å². The SMILES string of the molecule is C/C=C/C=C/C(=O)OCC(=O)Nc1ccc(OC)c(S(=O)(=O)N2CCCCC2)c1. The lowest BCUT2D eigenvalue weighted by atomic mass is 10.2. The number of benzene rings is 1. The molecule has 158 valence electrons. The molecule has 1 saturated heterocycles. The second-order valence-electron chi connectivity index (χ2n) is 6.37. The molecule has 1 aliphatic rings. The Bertz CT molecular complexity index is 886. The Hall–Kier alpha value is -2.65. The Morgan fingerprint density at radius 1 is 1.17 bits per heavy atom. The second-order valence-corrected chi connectivity index (χ2v) is 8.28. The number of anilines is 1. The summed E-state index contributed by atoms with van der Waals surface area (Å²) in [6.45, 7) is 2.23. The Morgan fingerprint density at radius 3 is 2.55 bits per heavy atom. The van der Waals surface area contributed by atoms with Crippen molar-refractivity contribution < 1.29 is 27.5 Å². The van der Waals surface area contributed by atoms with Crippen LogP contribution in [-0.4, -0.2) is 51.4 Å². The molecule has 1 aromatic rings. The number of piperidine rings is 1. The molecule has 0 radical (unpaired) electrons. The number of carbonyl (C=O) groups is 2. The third kappa shape index (κ3) is 6.43. The zero-order valence-corrected chi connectivity index (χ0v) is 17.4. The molecule has 1 fully saturated rings. The number of methoxy groups -OCH3 is 1. The molecule has 0 aromatic heterocycles. The van der Waals surface area contributed by atoms with Gasteiger partial charge in [-0.3, -0.25) is 4.79 Å². The zero-order chi connectivity index (χ0) is 21.3. The topological polar surface area (TPSA) is 102 Å². The first kappa shape index (κ1) is 22.6. The number of nitrogens with one attached hydrogen (secondary N) is 1. The Morgan fingerprint density at radius 2 is 1.90 bits per heavy atom. The van der Waals surface area contributed by atoms with E-state index in [-0.39, 0.29) is 16.3 Å². The minimum absolute atomic E-state index is 0.00835. The second kappa shape index (κ2) is 10.8. The summed E-state index contributed by atoms with van der Waals surface area (Å²) in [7, 11) is -2.35. The fraction of sp³-hybridized carbons (Fsp3) is 0.400. The first-order valence-electron chi connectivity index (χ1n) is 9.32. The molecule has 0 unspecified atom stereocenters. The van der Waals surface area contributed by atoms with Gasteiger partial charge in [-0.15, -0.1) is 0 Å². The molecule has 0 spiro atoms. The number of allylic oxidation sites excluding steroid dienone is 3. The van der Waals surface area contributed by atoms with Gasteiger partial charge >= 0.3 is 5.97 Å². The van der Waals surface area contributed by atoms with Gasteiger partial charge in [0.05, 0.1) is 7.11 Å². The number of ether oxygens (including phenoxy) is 2. The van der Waals surface area contributed by atoms with Crippen LogP contribution in [0.25, 0.3) is 0 Å². The maximum absolute atomic E-state index is 13.0. The van der Waals surface area contributed by atoms with E-state index in [1.165, 1.54) is 41.8 Å². The van der Waals surface area contributed by atoms with E-state index in [4.69, 9.17) is 9.47 Å². The molecular weight excluding hydrogens is 396 g/mol. The molecule has 1 aliphatic heterocycles. The van der Waals surface area contributed by atoms with E-state index in [1.807, 2.05) is 0 Å². The Labute approximate surface area is 171 Å². The summed E-state index contributed by atoms with van der Waals surface area (Å²) in [4.78, 5) is 23.5. The van der Waals surface area contributed by atoms with Crippen LogP contribution in [0.4, 0.5) is 5.69 Å². The lowest BCUT2D eigenvalue weighted by Gasteiger charge is -2.26. The van der Waals surface area contributed by atoms with Crippen LogP contribution in [0.1, 0.15) is 26.2 Å². The van der Waals surface area contributed by atoms with Crippen molar-refractivity contribution in [3.63, 3.8) is 0 Å². The van der Waals surface area contributed by atoms with Crippen molar-refractivity contribution in [3.8, 4) is 5.75 Å². The van der Waals surface area contributed by atoms with E-state index in [2.05, 4.69) is 5.32 Å². The smallest absolute Gasteiger partial charge is 0.331 e. The van der Waals surface area contributed by atoms with Gasteiger partial charge in [0.2, 0.25) is 10.0 Å². The quantitative estimate of drug-likeness (QED) is 0.392. The van der Waals surface area contributed by atoms with E-state index in [9.17, 15) is 18.0 Å².